The zero-order valence-corrected chi connectivity index (χ0v) is 14.0. The van der Waals surface area contributed by atoms with Crippen molar-refractivity contribution in [2.24, 2.45) is 5.92 Å². The van der Waals surface area contributed by atoms with Gasteiger partial charge in [-0.2, -0.15) is 0 Å². The van der Waals surface area contributed by atoms with Crippen LogP contribution >= 0.6 is 11.8 Å². The second-order valence-corrected chi connectivity index (χ2v) is 7.05. The van der Waals surface area contributed by atoms with Gasteiger partial charge in [0.2, 0.25) is 5.91 Å². The SMILES string of the molecule is O=C(Nc1ccc(SCc2cccnc2)cc1)C1CCCCC1. The fourth-order valence-corrected chi connectivity index (χ4v) is 3.73. The summed E-state index contributed by atoms with van der Waals surface area (Å²) in [5, 5.41) is 3.05. The number of amides is 1. The smallest absolute Gasteiger partial charge is 0.227 e. The molecule has 0 saturated heterocycles. The van der Waals surface area contributed by atoms with E-state index in [0.717, 1.165) is 24.3 Å². The first-order valence-corrected chi connectivity index (χ1v) is 9.22. The molecular weight excluding hydrogens is 304 g/mol. The van der Waals surface area contributed by atoms with Crippen LogP contribution in [-0.4, -0.2) is 10.9 Å². The van der Waals surface area contributed by atoms with Crippen LogP contribution in [0.25, 0.3) is 0 Å². The molecule has 0 bridgehead atoms. The molecule has 3 rings (SSSR count). The Kier molecular flexibility index (Phi) is 5.70. The average molecular weight is 326 g/mol. The predicted molar refractivity (Wildman–Crippen MR) is 95.4 cm³/mol. The van der Waals surface area contributed by atoms with Crippen molar-refractivity contribution < 1.29 is 4.79 Å². The maximum atomic E-state index is 12.2. The van der Waals surface area contributed by atoms with Gasteiger partial charge in [-0.25, -0.2) is 0 Å². The standard InChI is InChI=1S/C19H22N2OS/c22-19(16-6-2-1-3-7-16)21-17-8-10-18(11-9-17)23-14-15-5-4-12-20-13-15/h4-5,8-13,16H,1-3,6-7,14H2,(H,21,22). The zero-order chi connectivity index (χ0) is 15.9. The molecule has 2 aromatic rings. The highest BCUT2D eigenvalue weighted by atomic mass is 32.2. The van der Waals surface area contributed by atoms with Crippen molar-refractivity contribution in [3.63, 3.8) is 0 Å². The van der Waals surface area contributed by atoms with Gasteiger partial charge >= 0.3 is 0 Å². The first-order valence-electron chi connectivity index (χ1n) is 8.24. The summed E-state index contributed by atoms with van der Waals surface area (Å²) >= 11 is 1.78. The average Bonchev–Trinajstić information content (AvgIpc) is 2.63. The molecule has 3 nitrogen and oxygen atoms in total. The number of thioether (sulfide) groups is 1. The van der Waals surface area contributed by atoms with Crippen molar-refractivity contribution in [2.45, 2.75) is 42.8 Å². The Hall–Kier alpha value is -1.81. The molecule has 4 heteroatoms. The zero-order valence-electron chi connectivity index (χ0n) is 13.2. The molecule has 1 N–H and O–H groups in total. The van der Waals surface area contributed by atoms with E-state index in [-0.39, 0.29) is 11.8 Å². The lowest BCUT2D eigenvalue weighted by molar-refractivity contribution is -0.120. The highest BCUT2D eigenvalue weighted by Crippen LogP contribution is 2.26. The number of aromatic nitrogens is 1. The molecular formula is C19H22N2OS. The monoisotopic (exact) mass is 326 g/mol. The topological polar surface area (TPSA) is 42.0 Å². The maximum absolute atomic E-state index is 12.2. The van der Waals surface area contributed by atoms with E-state index in [1.165, 1.54) is 29.7 Å². The second-order valence-electron chi connectivity index (χ2n) is 6.00. The third kappa shape index (κ3) is 4.83. The third-order valence-electron chi connectivity index (χ3n) is 4.23. The molecule has 1 saturated carbocycles. The molecule has 1 aliphatic carbocycles. The summed E-state index contributed by atoms with van der Waals surface area (Å²) in [5.41, 5.74) is 2.11. The van der Waals surface area contributed by atoms with Crippen LogP contribution in [0.3, 0.4) is 0 Å². The Morgan fingerprint density at radius 1 is 1.13 bits per heavy atom. The minimum atomic E-state index is 0.181. The summed E-state index contributed by atoms with van der Waals surface area (Å²) in [5.74, 6) is 1.28. The first kappa shape index (κ1) is 16.1. The number of carbonyl (C=O) groups is 1. The van der Waals surface area contributed by atoms with Gasteiger partial charge in [0, 0.05) is 34.6 Å². The van der Waals surface area contributed by atoms with Crippen molar-refractivity contribution in [3.8, 4) is 0 Å². The van der Waals surface area contributed by atoms with E-state index in [1.54, 1.807) is 18.0 Å². The van der Waals surface area contributed by atoms with Crippen LogP contribution in [0.4, 0.5) is 5.69 Å². The number of rotatable bonds is 5. The molecule has 1 fully saturated rings. The molecule has 1 aromatic carbocycles. The van der Waals surface area contributed by atoms with Gasteiger partial charge in [-0.3, -0.25) is 9.78 Å². The fourth-order valence-electron chi connectivity index (χ4n) is 2.89. The van der Waals surface area contributed by atoms with Crippen molar-refractivity contribution in [2.75, 3.05) is 5.32 Å². The van der Waals surface area contributed by atoms with E-state index in [2.05, 4.69) is 28.5 Å². The summed E-state index contributed by atoms with van der Waals surface area (Å²) in [7, 11) is 0. The molecule has 120 valence electrons. The Morgan fingerprint density at radius 3 is 2.61 bits per heavy atom. The summed E-state index contributed by atoms with van der Waals surface area (Å²) < 4.78 is 0. The lowest BCUT2D eigenvalue weighted by Gasteiger charge is -2.20. The van der Waals surface area contributed by atoms with Gasteiger partial charge in [0.1, 0.15) is 0 Å². The highest BCUT2D eigenvalue weighted by Gasteiger charge is 2.20. The molecule has 0 aliphatic heterocycles. The van der Waals surface area contributed by atoms with E-state index >= 15 is 0 Å². The minimum absolute atomic E-state index is 0.181. The van der Waals surface area contributed by atoms with Gasteiger partial charge in [-0.1, -0.05) is 25.3 Å². The molecule has 1 aliphatic rings. The van der Waals surface area contributed by atoms with Crippen LogP contribution in [0, 0.1) is 5.92 Å². The van der Waals surface area contributed by atoms with Crippen molar-refractivity contribution in [1.82, 2.24) is 4.98 Å². The lowest BCUT2D eigenvalue weighted by Crippen LogP contribution is -2.24. The Morgan fingerprint density at radius 2 is 1.91 bits per heavy atom. The summed E-state index contributed by atoms with van der Waals surface area (Å²) in [6, 6.07) is 12.2. The summed E-state index contributed by atoms with van der Waals surface area (Å²) in [6.07, 6.45) is 9.39. The molecule has 1 aromatic heterocycles. The maximum Gasteiger partial charge on any atom is 0.227 e. The molecule has 0 atom stereocenters. The largest absolute Gasteiger partial charge is 0.326 e. The predicted octanol–water partition coefficient (Wildman–Crippen LogP) is 4.89. The Balaban J connectivity index is 1.51. The number of pyridine rings is 1. The summed E-state index contributed by atoms with van der Waals surface area (Å²) in [6.45, 7) is 0. The van der Waals surface area contributed by atoms with Crippen LogP contribution in [0.15, 0.2) is 53.7 Å². The van der Waals surface area contributed by atoms with E-state index in [4.69, 9.17) is 0 Å². The molecule has 0 radical (unpaired) electrons. The van der Waals surface area contributed by atoms with Gasteiger partial charge in [-0.05, 0) is 48.7 Å². The number of benzene rings is 1. The van der Waals surface area contributed by atoms with Gasteiger partial charge in [0.05, 0.1) is 0 Å². The highest BCUT2D eigenvalue weighted by molar-refractivity contribution is 7.98. The van der Waals surface area contributed by atoms with E-state index in [0.29, 0.717) is 0 Å². The number of carbonyl (C=O) groups excluding carboxylic acids is 1. The van der Waals surface area contributed by atoms with Gasteiger partial charge in [-0.15, -0.1) is 11.8 Å². The Bertz CT molecular complexity index is 622. The van der Waals surface area contributed by atoms with Crippen LogP contribution < -0.4 is 5.32 Å². The van der Waals surface area contributed by atoms with E-state index in [9.17, 15) is 4.79 Å². The van der Waals surface area contributed by atoms with Gasteiger partial charge in [0.15, 0.2) is 0 Å². The van der Waals surface area contributed by atoms with Crippen LogP contribution in [0.5, 0.6) is 0 Å². The normalized spacial score (nSPS) is 15.3. The number of hydrogen-bond donors (Lipinski definition) is 1. The number of anilines is 1. The van der Waals surface area contributed by atoms with Crippen LogP contribution in [-0.2, 0) is 10.5 Å². The van der Waals surface area contributed by atoms with E-state index in [1.807, 2.05) is 24.4 Å². The van der Waals surface area contributed by atoms with Crippen molar-refractivity contribution in [3.05, 3.63) is 54.4 Å². The molecule has 1 amide bonds. The number of nitrogens with one attached hydrogen (secondary N) is 1. The minimum Gasteiger partial charge on any atom is -0.326 e. The Labute approximate surface area is 141 Å². The molecule has 23 heavy (non-hydrogen) atoms. The summed E-state index contributed by atoms with van der Waals surface area (Å²) in [4.78, 5) is 17.6. The second kappa shape index (κ2) is 8.16. The fraction of sp³-hybridized carbons (Fsp3) is 0.368. The molecule has 0 unspecified atom stereocenters. The van der Waals surface area contributed by atoms with Gasteiger partial charge < -0.3 is 5.32 Å². The lowest BCUT2D eigenvalue weighted by atomic mass is 9.88. The van der Waals surface area contributed by atoms with Crippen LogP contribution in [0.1, 0.15) is 37.7 Å². The molecule has 1 heterocycles. The van der Waals surface area contributed by atoms with Gasteiger partial charge in [0.25, 0.3) is 0 Å². The first-order chi connectivity index (χ1) is 11.3. The van der Waals surface area contributed by atoms with Crippen molar-refractivity contribution >= 4 is 23.4 Å². The van der Waals surface area contributed by atoms with Crippen LogP contribution in [0.2, 0.25) is 0 Å². The quantitative estimate of drug-likeness (QED) is 0.795. The number of hydrogen-bond acceptors (Lipinski definition) is 3. The van der Waals surface area contributed by atoms with Crippen molar-refractivity contribution in [1.29, 1.82) is 0 Å². The third-order valence-corrected chi connectivity index (χ3v) is 5.31. The van der Waals surface area contributed by atoms with E-state index < -0.39 is 0 Å². The molecule has 0 spiro atoms. The number of nitrogens with zero attached hydrogens (tertiary/aromatic N) is 1.